The average molecular weight is 210 g/mol. The van der Waals surface area contributed by atoms with Crippen LogP contribution in [0, 0.1) is 0 Å². The van der Waals surface area contributed by atoms with Gasteiger partial charge < -0.3 is 15.2 Å². The molecule has 84 valence electrons. The summed E-state index contributed by atoms with van der Waals surface area (Å²) in [5.41, 5.74) is -0.143. The second kappa shape index (κ2) is 6.19. The van der Waals surface area contributed by atoms with Crippen LogP contribution in [0.4, 0.5) is 5.82 Å². The molecule has 0 aromatic carbocycles. The zero-order valence-electron chi connectivity index (χ0n) is 9.29. The molecule has 0 fully saturated rings. The second-order valence-corrected chi connectivity index (χ2v) is 3.41. The van der Waals surface area contributed by atoms with Gasteiger partial charge in [0.1, 0.15) is 0 Å². The SMILES string of the molecule is CCCNCCN(C)c1ncc[nH]c1=O. The van der Waals surface area contributed by atoms with E-state index in [2.05, 4.69) is 22.2 Å². The summed E-state index contributed by atoms with van der Waals surface area (Å²) in [6.45, 7) is 4.77. The zero-order chi connectivity index (χ0) is 11.1. The van der Waals surface area contributed by atoms with Crippen molar-refractivity contribution in [2.75, 3.05) is 31.6 Å². The van der Waals surface area contributed by atoms with Crippen LogP contribution in [0.2, 0.25) is 0 Å². The third kappa shape index (κ3) is 3.71. The van der Waals surface area contributed by atoms with Crippen LogP contribution < -0.4 is 15.8 Å². The lowest BCUT2D eigenvalue weighted by molar-refractivity contribution is 0.663. The molecule has 0 aliphatic carbocycles. The Morgan fingerprint density at radius 1 is 1.53 bits per heavy atom. The number of hydrogen-bond acceptors (Lipinski definition) is 4. The van der Waals surface area contributed by atoms with Gasteiger partial charge in [-0.2, -0.15) is 0 Å². The first-order valence-corrected chi connectivity index (χ1v) is 5.21. The van der Waals surface area contributed by atoms with Gasteiger partial charge in [0.25, 0.3) is 5.56 Å². The highest BCUT2D eigenvalue weighted by Gasteiger charge is 2.05. The molecule has 0 unspecified atom stereocenters. The fraction of sp³-hybridized carbons (Fsp3) is 0.600. The Hall–Kier alpha value is -1.36. The van der Waals surface area contributed by atoms with Crippen molar-refractivity contribution in [1.29, 1.82) is 0 Å². The van der Waals surface area contributed by atoms with Crippen molar-refractivity contribution >= 4 is 5.82 Å². The lowest BCUT2D eigenvalue weighted by Gasteiger charge is -2.16. The smallest absolute Gasteiger partial charge is 0.290 e. The molecule has 5 heteroatoms. The molecule has 0 atom stereocenters. The minimum atomic E-state index is -0.143. The Morgan fingerprint density at radius 3 is 3.00 bits per heavy atom. The Bertz CT molecular complexity index is 336. The van der Waals surface area contributed by atoms with Crippen LogP contribution in [0.3, 0.4) is 0 Å². The average Bonchev–Trinajstić information content (AvgIpc) is 2.25. The van der Waals surface area contributed by atoms with Gasteiger partial charge in [-0.05, 0) is 13.0 Å². The molecular formula is C10H18N4O. The van der Waals surface area contributed by atoms with E-state index in [0.717, 1.165) is 26.1 Å². The molecule has 0 amide bonds. The summed E-state index contributed by atoms with van der Waals surface area (Å²) in [4.78, 5) is 19.9. The van der Waals surface area contributed by atoms with Crippen LogP contribution in [-0.4, -0.2) is 36.6 Å². The fourth-order valence-electron chi connectivity index (χ4n) is 1.27. The van der Waals surface area contributed by atoms with Gasteiger partial charge in [-0.15, -0.1) is 0 Å². The quantitative estimate of drug-likeness (QED) is 0.659. The number of nitrogens with zero attached hydrogens (tertiary/aromatic N) is 2. The maximum Gasteiger partial charge on any atom is 0.290 e. The van der Waals surface area contributed by atoms with Crippen molar-refractivity contribution in [3.63, 3.8) is 0 Å². The molecule has 2 N–H and O–H groups in total. The topological polar surface area (TPSA) is 61.0 Å². The molecule has 1 aromatic heterocycles. The van der Waals surface area contributed by atoms with Crippen LogP contribution in [0.5, 0.6) is 0 Å². The Balaban J connectivity index is 2.43. The van der Waals surface area contributed by atoms with Crippen LogP contribution in [0.25, 0.3) is 0 Å². The van der Waals surface area contributed by atoms with Gasteiger partial charge in [0.15, 0.2) is 5.82 Å². The molecule has 0 aliphatic rings. The largest absolute Gasteiger partial charge is 0.354 e. The summed E-state index contributed by atoms with van der Waals surface area (Å²) in [5.74, 6) is 0.468. The van der Waals surface area contributed by atoms with Crippen molar-refractivity contribution in [2.24, 2.45) is 0 Å². The fourth-order valence-corrected chi connectivity index (χ4v) is 1.27. The molecular weight excluding hydrogens is 192 g/mol. The van der Waals surface area contributed by atoms with E-state index >= 15 is 0 Å². The van der Waals surface area contributed by atoms with Crippen molar-refractivity contribution in [1.82, 2.24) is 15.3 Å². The minimum absolute atomic E-state index is 0.143. The lowest BCUT2D eigenvalue weighted by Crippen LogP contribution is -2.33. The molecule has 0 spiro atoms. The van der Waals surface area contributed by atoms with Crippen molar-refractivity contribution in [2.45, 2.75) is 13.3 Å². The third-order valence-corrected chi connectivity index (χ3v) is 2.10. The van der Waals surface area contributed by atoms with E-state index in [4.69, 9.17) is 0 Å². The number of aromatic nitrogens is 2. The van der Waals surface area contributed by atoms with E-state index in [0.29, 0.717) is 5.82 Å². The van der Waals surface area contributed by atoms with E-state index in [1.54, 1.807) is 6.20 Å². The molecule has 1 rings (SSSR count). The number of hydrogen-bond donors (Lipinski definition) is 2. The zero-order valence-corrected chi connectivity index (χ0v) is 9.29. The summed E-state index contributed by atoms with van der Waals surface area (Å²) in [5, 5.41) is 3.27. The maximum atomic E-state index is 11.4. The van der Waals surface area contributed by atoms with Gasteiger partial charge in [-0.1, -0.05) is 6.92 Å². The number of anilines is 1. The van der Waals surface area contributed by atoms with Gasteiger partial charge >= 0.3 is 0 Å². The van der Waals surface area contributed by atoms with Crippen LogP contribution >= 0.6 is 0 Å². The number of likely N-dealkylation sites (N-methyl/N-ethyl adjacent to an activating group) is 1. The molecule has 0 aliphatic heterocycles. The van der Waals surface area contributed by atoms with Crippen molar-refractivity contribution in [3.05, 3.63) is 22.7 Å². The lowest BCUT2D eigenvalue weighted by atomic mass is 10.4. The second-order valence-electron chi connectivity index (χ2n) is 3.41. The number of nitrogens with one attached hydrogen (secondary N) is 2. The molecule has 15 heavy (non-hydrogen) atoms. The molecule has 1 aromatic rings. The summed E-state index contributed by atoms with van der Waals surface area (Å²) >= 11 is 0. The number of aromatic amines is 1. The first-order valence-electron chi connectivity index (χ1n) is 5.21. The van der Waals surface area contributed by atoms with Gasteiger partial charge in [0, 0.05) is 32.5 Å². The number of rotatable bonds is 6. The molecule has 0 saturated carbocycles. The maximum absolute atomic E-state index is 11.4. The van der Waals surface area contributed by atoms with Gasteiger partial charge in [-0.3, -0.25) is 4.79 Å². The highest BCUT2D eigenvalue weighted by Crippen LogP contribution is 1.96. The van der Waals surface area contributed by atoms with Crippen LogP contribution in [0.15, 0.2) is 17.2 Å². The Kier molecular flexibility index (Phi) is 4.83. The third-order valence-electron chi connectivity index (χ3n) is 2.10. The molecule has 0 radical (unpaired) electrons. The van der Waals surface area contributed by atoms with Crippen LogP contribution in [-0.2, 0) is 0 Å². The van der Waals surface area contributed by atoms with E-state index in [1.807, 2.05) is 11.9 Å². The Morgan fingerprint density at radius 2 is 2.33 bits per heavy atom. The predicted octanol–water partition coefficient (Wildman–Crippen LogP) is 0.206. The first kappa shape index (κ1) is 11.7. The summed E-state index contributed by atoms with van der Waals surface area (Å²) in [6.07, 6.45) is 4.25. The van der Waals surface area contributed by atoms with E-state index in [1.165, 1.54) is 6.20 Å². The molecule has 5 nitrogen and oxygen atoms in total. The normalized spacial score (nSPS) is 10.3. The molecule has 0 bridgehead atoms. The highest BCUT2D eigenvalue weighted by molar-refractivity contribution is 5.33. The van der Waals surface area contributed by atoms with Crippen molar-refractivity contribution < 1.29 is 0 Å². The summed E-state index contributed by atoms with van der Waals surface area (Å²) in [7, 11) is 1.87. The summed E-state index contributed by atoms with van der Waals surface area (Å²) in [6, 6.07) is 0. The highest BCUT2D eigenvalue weighted by atomic mass is 16.1. The van der Waals surface area contributed by atoms with E-state index in [9.17, 15) is 4.79 Å². The standard InChI is InChI=1S/C10H18N4O/c1-3-4-11-7-8-14(2)9-10(15)13-6-5-12-9/h5-6,11H,3-4,7-8H2,1-2H3,(H,13,15). The molecule has 0 saturated heterocycles. The van der Waals surface area contributed by atoms with E-state index < -0.39 is 0 Å². The van der Waals surface area contributed by atoms with Crippen molar-refractivity contribution in [3.8, 4) is 0 Å². The minimum Gasteiger partial charge on any atom is -0.354 e. The van der Waals surface area contributed by atoms with E-state index in [-0.39, 0.29) is 5.56 Å². The Labute approximate surface area is 89.5 Å². The first-order chi connectivity index (χ1) is 7.25. The molecule has 1 heterocycles. The summed E-state index contributed by atoms with van der Waals surface area (Å²) < 4.78 is 0. The van der Waals surface area contributed by atoms with Gasteiger partial charge in [0.05, 0.1) is 0 Å². The van der Waals surface area contributed by atoms with Gasteiger partial charge in [0.2, 0.25) is 0 Å². The number of H-pyrrole nitrogens is 1. The van der Waals surface area contributed by atoms with Crippen LogP contribution in [0.1, 0.15) is 13.3 Å². The van der Waals surface area contributed by atoms with Gasteiger partial charge in [-0.25, -0.2) is 4.98 Å². The monoisotopic (exact) mass is 210 g/mol. The predicted molar refractivity (Wildman–Crippen MR) is 61.3 cm³/mol.